The van der Waals surface area contributed by atoms with E-state index in [1.807, 2.05) is 13.0 Å². The SMILES string of the molecule is Cc1ccnc(N2CCN(CCCN3C(=O)c4ccccc4C3=O)CC2)n1. The van der Waals surface area contributed by atoms with E-state index in [0.717, 1.165) is 50.8 Å². The molecular weight excluding hydrogens is 342 g/mol. The fourth-order valence-electron chi connectivity index (χ4n) is 3.65. The van der Waals surface area contributed by atoms with E-state index in [9.17, 15) is 9.59 Å². The van der Waals surface area contributed by atoms with Gasteiger partial charge in [0.25, 0.3) is 11.8 Å². The zero-order chi connectivity index (χ0) is 18.8. The monoisotopic (exact) mass is 365 g/mol. The van der Waals surface area contributed by atoms with E-state index < -0.39 is 0 Å². The van der Waals surface area contributed by atoms with E-state index in [-0.39, 0.29) is 11.8 Å². The first-order chi connectivity index (χ1) is 13.1. The molecule has 0 spiro atoms. The molecular formula is C20H23N5O2. The van der Waals surface area contributed by atoms with E-state index in [1.54, 1.807) is 30.5 Å². The van der Waals surface area contributed by atoms with Crippen LogP contribution in [0.15, 0.2) is 36.5 Å². The Morgan fingerprint density at radius 1 is 0.926 bits per heavy atom. The van der Waals surface area contributed by atoms with Crippen LogP contribution in [-0.2, 0) is 0 Å². The van der Waals surface area contributed by atoms with Crippen molar-refractivity contribution in [3.63, 3.8) is 0 Å². The maximum Gasteiger partial charge on any atom is 0.261 e. The van der Waals surface area contributed by atoms with E-state index >= 15 is 0 Å². The second-order valence-electron chi connectivity index (χ2n) is 6.99. The van der Waals surface area contributed by atoms with Crippen LogP contribution in [0, 0.1) is 6.92 Å². The van der Waals surface area contributed by atoms with Gasteiger partial charge in [-0.3, -0.25) is 19.4 Å². The van der Waals surface area contributed by atoms with Crippen LogP contribution in [0.1, 0.15) is 32.8 Å². The Bertz CT molecular complexity index is 826. The number of hydrogen-bond acceptors (Lipinski definition) is 6. The van der Waals surface area contributed by atoms with Gasteiger partial charge in [0.1, 0.15) is 0 Å². The third-order valence-corrected chi connectivity index (χ3v) is 5.17. The summed E-state index contributed by atoms with van der Waals surface area (Å²) in [5.74, 6) is 0.453. The van der Waals surface area contributed by atoms with Crippen LogP contribution in [0.4, 0.5) is 5.95 Å². The van der Waals surface area contributed by atoms with Crippen molar-refractivity contribution in [2.24, 2.45) is 0 Å². The van der Waals surface area contributed by atoms with Gasteiger partial charge in [0, 0.05) is 44.6 Å². The molecule has 0 radical (unpaired) electrons. The van der Waals surface area contributed by atoms with Gasteiger partial charge in [0.05, 0.1) is 11.1 Å². The highest BCUT2D eigenvalue weighted by molar-refractivity contribution is 6.21. The Kier molecular flexibility index (Phi) is 4.85. The molecule has 0 unspecified atom stereocenters. The molecule has 1 aromatic carbocycles. The minimum atomic E-state index is -0.169. The average molecular weight is 365 g/mol. The zero-order valence-electron chi connectivity index (χ0n) is 15.5. The molecule has 0 bridgehead atoms. The second kappa shape index (κ2) is 7.44. The predicted octanol–water partition coefficient (Wildman–Crippen LogP) is 1.59. The molecule has 2 aliphatic rings. The molecule has 0 saturated carbocycles. The fraction of sp³-hybridized carbons (Fsp3) is 0.400. The summed E-state index contributed by atoms with van der Waals surface area (Å²) >= 11 is 0. The number of carbonyl (C=O) groups excluding carboxylic acids is 2. The molecule has 3 heterocycles. The summed E-state index contributed by atoms with van der Waals surface area (Å²) in [6.45, 7) is 6.94. The summed E-state index contributed by atoms with van der Waals surface area (Å²) in [4.78, 5) is 39.6. The van der Waals surface area contributed by atoms with E-state index in [4.69, 9.17) is 0 Å². The largest absolute Gasteiger partial charge is 0.338 e. The van der Waals surface area contributed by atoms with Gasteiger partial charge in [-0.05, 0) is 38.1 Å². The molecule has 1 saturated heterocycles. The number of benzene rings is 1. The smallest absolute Gasteiger partial charge is 0.261 e. The number of aromatic nitrogens is 2. The lowest BCUT2D eigenvalue weighted by atomic mass is 10.1. The molecule has 140 valence electrons. The number of rotatable bonds is 5. The van der Waals surface area contributed by atoms with Crippen LogP contribution in [-0.4, -0.2) is 70.9 Å². The predicted molar refractivity (Wildman–Crippen MR) is 102 cm³/mol. The lowest BCUT2D eigenvalue weighted by molar-refractivity contribution is 0.0647. The number of imide groups is 1. The van der Waals surface area contributed by atoms with E-state index in [1.165, 1.54) is 4.90 Å². The molecule has 0 N–H and O–H groups in total. The Morgan fingerprint density at radius 2 is 1.59 bits per heavy atom. The number of fused-ring (bicyclic) bond motifs is 1. The average Bonchev–Trinajstić information content (AvgIpc) is 2.94. The number of amides is 2. The zero-order valence-corrected chi connectivity index (χ0v) is 15.5. The third kappa shape index (κ3) is 3.55. The fourth-order valence-corrected chi connectivity index (χ4v) is 3.65. The van der Waals surface area contributed by atoms with Gasteiger partial charge < -0.3 is 4.90 Å². The number of nitrogens with zero attached hydrogens (tertiary/aromatic N) is 5. The molecule has 2 aliphatic heterocycles. The van der Waals surface area contributed by atoms with Crippen LogP contribution in [0.5, 0.6) is 0 Å². The minimum Gasteiger partial charge on any atom is -0.338 e. The summed E-state index contributed by atoms with van der Waals surface area (Å²) in [5.41, 5.74) is 2.02. The summed E-state index contributed by atoms with van der Waals surface area (Å²) in [7, 11) is 0. The van der Waals surface area contributed by atoms with Gasteiger partial charge in [-0.25, -0.2) is 9.97 Å². The van der Waals surface area contributed by atoms with Crippen LogP contribution < -0.4 is 4.90 Å². The van der Waals surface area contributed by atoms with Gasteiger partial charge >= 0.3 is 0 Å². The Hall–Kier alpha value is -2.80. The summed E-state index contributed by atoms with van der Waals surface area (Å²) in [6.07, 6.45) is 2.58. The van der Waals surface area contributed by atoms with Crippen LogP contribution in [0.2, 0.25) is 0 Å². The standard InChI is InChI=1S/C20H23N5O2/c1-15-7-8-21-20(22-15)24-13-11-23(12-14-24)9-4-10-25-18(26)16-5-2-3-6-17(16)19(25)27/h2-3,5-8H,4,9-14H2,1H3. The minimum absolute atomic E-state index is 0.169. The van der Waals surface area contributed by atoms with Crippen molar-refractivity contribution in [3.05, 3.63) is 53.3 Å². The summed E-state index contributed by atoms with van der Waals surface area (Å²) in [5, 5.41) is 0. The molecule has 7 nitrogen and oxygen atoms in total. The van der Waals surface area contributed by atoms with Crippen molar-refractivity contribution in [1.29, 1.82) is 0 Å². The number of aryl methyl sites for hydroxylation is 1. The molecule has 4 rings (SSSR count). The molecule has 0 atom stereocenters. The molecule has 7 heteroatoms. The first-order valence-corrected chi connectivity index (χ1v) is 9.35. The van der Waals surface area contributed by atoms with Crippen LogP contribution in [0.3, 0.4) is 0 Å². The second-order valence-corrected chi connectivity index (χ2v) is 6.99. The number of hydrogen-bond donors (Lipinski definition) is 0. The highest BCUT2D eigenvalue weighted by Gasteiger charge is 2.34. The van der Waals surface area contributed by atoms with Gasteiger partial charge in [-0.15, -0.1) is 0 Å². The van der Waals surface area contributed by atoms with Crippen molar-refractivity contribution >= 4 is 17.8 Å². The van der Waals surface area contributed by atoms with E-state index in [0.29, 0.717) is 17.7 Å². The molecule has 2 amide bonds. The molecule has 1 aromatic heterocycles. The Morgan fingerprint density at radius 3 is 2.22 bits per heavy atom. The van der Waals surface area contributed by atoms with Gasteiger partial charge in [-0.1, -0.05) is 12.1 Å². The number of piperazine rings is 1. The van der Waals surface area contributed by atoms with Gasteiger partial charge in [0.2, 0.25) is 5.95 Å². The lowest BCUT2D eigenvalue weighted by Crippen LogP contribution is -2.47. The highest BCUT2D eigenvalue weighted by atomic mass is 16.2. The maximum absolute atomic E-state index is 12.4. The Labute approximate surface area is 158 Å². The summed E-state index contributed by atoms with van der Waals surface area (Å²) in [6, 6.07) is 8.94. The molecule has 27 heavy (non-hydrogen) atoms. The van der Waals surface area contributed by atoms with Crippen LogP contribution in [0.25, 0.3) is 0 Å². The molecule has 2 aromatic rings. The third-order valence-electron chi connectivity index (χ3n) is 5.17. The number of anilines is 1. The van der Waals surface area contributed by atoms with Crippen molar-refractivity contribution in [1.82, 2.24) is 19.8 Å². The maximum atomic E-state index is 12.4. The van der Waals surface area contributed by atoms with Gasteiger partial charge in [-0.2, -0.15) is 0 Å². The topological polar surface area (TPSA) is 69.6 Å². The van der Waals surface area contributed by atoms with E-state index in [2.05, 4.69) is 19.8 Å². The lowest BCUT2D eigenvalue weighted by Gasteiger charge is -2.34. The molecule has 0 aliphatic carbocycles. The first-order valence-electron chi connectivity index (χ1n) is 9.35. The number of carbonyl (C=O) groups is 2. The van der Waals surface area contributed by atoms with Crippen LogP contribution >= 0.6 is 0 Å². The van der Waals surface area contributed by atoms with Crippen molar-refractivity contribution < 1.29 is 9.59 Å². The molecule has 1 fully saturated rings. The van der Waals surface area contributed by atoms with Crippen molar-refractivity contribution in [2.75, 3.05) is 44.2 Å². The normalized spacial score (nSPS) is 17.5. The summed E-state index contributed by atoms with van der Waals surface area (Å²) < 4.78 is 0. The van der Waals surface area contributed by atoms with Crippen molar-refractivity contribution in [2.45, 2.75) is 13.3 Å². The van der Waals surface area contributed by atoms with Gasteiger partial charge in [0.15, 0.2) is 0 Å². The Balaban J connectivity index is 1.25. The van der Waals surface area contributed by atoms with Crippen molar-refractivity contribution in [3.8, 4) is 0 Å². The first kappa shape index (κ1) is 17.6. The highest BCUT2D eigenvalue weighted by Crippen LogP contribution is 2.22. The quantitative estimate of drug-likeness (QED) is 0.750.